The van der Waals surface area contributed by atoms with Crippen LogP contribution in [-0.4, -0.2) is 41.1 Å². The van der Waals surface area contributed by atoms with Crippen LogP contribution < -0.4 is 0 Å². The van der Waals surface area contributed by atoms with Gasteiger partial charge in [0.05, 0.1) is 5.25 Å². The van der Waals surface area contributed by atoms with Crippen molar-refractivity contribution in [3.05, 3.63) is 0 Å². The van der Waals surface area contributed by atoms with E-state index in [1.165, 1.54) is 13.8 Å². The van der Waals surface area contributed by atoms with Gasteiger partial charge < -0.3 is 5.11 Å². The third kappa shape index (κ3) is 2.63. The largest absolute Gasteiger partial charge is 0.480 e. The van der Waals surface area contributed by atoms with E-state index < -0.39 is 26.8 Å². The summed E-state index contributed by atoms with van der Waals surface area (Å²) in [6.45, 7) is 4.74. The highest BCUT2D eigenvalue weighted by atomic mass is 32.2. The quantitative estimate of drug-likeness (QED) is 0.814. The Kier molecular flexibility index (Phi) is 4.19. The van der Waals surface area contributed by atoms with E-state index in [4.69, 9.17) is 5.11 Å². The molecule has 0 bridgehead atoms. The van der Waals surface area contributed by atoms with Crippen molar-refractivity contribution in [1.82, 2.24) is 4.31 Å². The van der Waals surface area contributed by atoms with Crippen LogP contribution in [0.5, 0.6) is 0 Å². The molecule has 0 aromatic heterocycles. The van der Waals surface area contributed by atoms with Crippen LogP contribution in [-0.2, 0) is 14.8 Å². The molecule has 6 heteroatoms. The highest BCUT2D eigenvalue weighted by Gasteiger charge is 2.44. The predicted octanol–water partition coefficient (Wildman–Crippen LogP) is 1.44. The molecular weight excluding hydrogens is 242 g/mol. The van der Waals surface area contributed by atoms with Crippen molar-refractivity contribution in [2.75, 3.05) is 6.54 Å². The first-order valence-corrected chi connectivity index (χ1v) is 7.50. The third-order valence-electron chi connectivity index (χ3n) is 3.46. The molecule has 1 aliphatic rings. The first-order valence-electron chi connectivity index (χ1n) is 5.99. The van der Waals surface area contributed by atoms with Gasteiger partial charge in [-0.15, -0.1) is 0 Å². The lowest BCUT2D eigenvalue weighted by Crippen LogP contribution is -2.54. The van der Waals surface area contributed by atoms with Gasteiger partial charge in [-0.3, -0.25) is 4.79 Å². The van der Waals surface area contributed by atoms with Gasteiger partial charge >= 0.3 is 5.97 Å². The van der Waals surface area contributed by atoms with Crippen LogP contribution in [0, 0.1) is 0 Å². The summed E-state index contributed by atoms with van der Waals surface area (Å²) in [5.74, 6) is -1.11. The number of carboxylic acids is 1. The summed E-state index contributed by atoms with van der Waals surface area (Å²) in [6, 6.07) is 0. The standard InChI is InChI=1S/C11H21NO4S/c1-4-12(11(2,3)10(13)14)17(15,16)9-7-5-6-8-9/h9H,4-8H2,1-3H3,(H,13,14). The van der Waals surface area contributed by atoms with Crippen LogP contribution in [0.3, 0.4) is 0 Å². The highest BCUT2D eigenvalue weighted by Crippen LogP contribution is 2.30. The van der Waals surface area contributed by atoms with Gasteiger partial charge in [0, 0.05) is 6.54 Å². The van der Waals surface area contributed by atoms with Crippen molar-refractivity contribution in [2.24, 2.45) is 0 Å². The number of aliphatic carboxylic acids is 1. The average Bonchev–Trinajstić information content (AvgIpc) is 2.70. The molecule has 0 aromatic rings. The normalized spacial score (nSPS) is 18.8. The summed E-state index contributed by atoms with van der Waals surface area (Å²) in [5.41, 5.74) is -1.38. The summed E-state index contributed by atoms with van der Waals surface area (Å²) in [7, 11) is -3.50. The first-order chi connectivity index (χ1) is 7.74. The van der Waals surface area contributed by atoms with Gasteiger partial charge in [-0.1, -0.05) is 19.8 Å². The monoisotopic (exact) mass is 263 g/mol. The molecule has 0 spiro atoms. The maximum absolute atomic E-state index is 12.4. The number of hydrogen-bond donors (Lipinski definition) is 1. The van der Waals surface area contributed by atoms with E-state index >= 15 is 0 Å². The number of rotatable bonds is 5. The molecule has 1 rings (SSSR count). The summed E-state index contributed by atoms with van der Waals surface area (Å²) in [5, 5.41) is 8.74. The molecule has 0 unspecified atom stereocenters. The van der Waals surface area contributed by atoms with E-state index in [1.807, 2.05) is 0 Å². The molecular formula is C11H21NO4S. The van der Waals surface area contributed by atoms with Gasteiger partial charge in [-0.05, 0) is 26.7 Å². The Hall–Kier alpha value is -0.620. The number of carboxylic acid groups (broad SMARTS) is 1. The minimum absolute atomic E-state index is 0.193. The summed E-state index contributed by atoms with van der Waals surface area (Å²) < 4.78 is 25.9. The zero-order valence-corrected chi connectivity index (χ0v) is 11.5. The predicted molar refractivity (Wildman–Crippen MR) is 65.3 cm³/mol. The third-order valence-corrected chi connectivity index (χ3v) is 6.11. The van der Waals surface area contributed by atoms with Gasteiger partial charge in [0.25, 0.3) is 0 Å². The molecule has 0 aliphatic heterocycles. The van der Waals surface area contributed by atoms with Crippen molar-refractivity contribution in [3.8, 4) is 0 Å². The van der Waals surface area contributed by atoms with Crippen LogP contribution in [0.15, 0.2) is 0 Å². The Labute approximate surface area is 103 Å². The topological polar surface area (TPSA) is 74.7 Å². The molecule has 1 N–H and O–H groups in total. The second-order valence-electron chi connectivity index (χ2n) is 4.98. The number of carbonyl (C=O) groups is 1. The molecule has 5 nitrogen and oxygen atoms in total. The zero-order valence-electron chi connectivity index (χ0n) is 10.6. The second-order valence-corrected chi connectivity index (χ2v) is 7.12. The minimum Gasteiger partial charge on any atom is -0.480 e. The fourth-order valence-electron chi connectivity index (χ4n) is 2.37. The van der Waals surface area contributed by atoms with E-state index in [0.29, 0.717) is 12.8 Å². The Bertz CT molecular complexity index is 382. The Morgan fingerprint density at radius 2 is 1.82 bits per heavy atom. The van der Waals surface area contributed by atoms with Crippen molar-refractivity contribution in [1.29, 1.82) is 0 Å². The molecule has 0 saturated heterocycles. The first kappa shape index (κ1) is 14.4. The lowest BCUT2D eigenvalue weighted by Gasteiger charge is -2.35. The summed E-state index contributed by atoms with van der Waals surface area (Å²) >= 11 is 0. The molecule has 0 atom stereocenters. The lowest BCUT2D eigenvalue weighted by molar-refractivity contribution is -0.146. The molecule has 1 aliphatic carbocycles. The summed E-state index contributed by atoms with van der Waals surface area (Å²) in [6.07, 6.45) is 3.12. The van der Waals surface area contributed by atoms with Gasteiger partial charge in [0.1, 0.15) is 5.54 Å². The van der Waals surface area contributed by atoms with Gasteiger partial charge in [-0.2, -0.15) is 4.31 Å². The van der Waals surface area contributed by atoms with Gasteiger partial charge in [0.2, 0.25) is 10.0 Å². The number of likely N-dealkylation sites (N-methyl/N-ethyl adjacent to an activating group) is 1. The molecule has 0 aromatic carbocycles. The van der Waals surface area contributed by atoms with Crippen molar-refractivity contribution >= 4 is 16.0 Å². The maximum Gasteiger partial charge on any atom is 0.324 e. The fourth-order valence-corrected chi connectivity index (χ4v) is 4.73. The zero-order chi connectivity index (χ0) is 13.3. The molecule has 100 valence electrons. The minimum atomic E-state index is -3.50. The summed E-state index contributed by atoms with van der Waals surface area (Å²) in [4.78, 5) is 11.2. The van der Waals surface area contributed by atoms with Crippen LogP contribution in [0.4, 0.5) is 0 Å². The van der Waals surface area contributed by atoms with E-state index in [-0.39, 0.29) is 6.54 Å². The molecule has 1 fully saturated rings. The van der Waals surface area contributed by atoms with Crippen LogP contribution in [0.2, 0.25) is 0 Å². The molecule has 0 heterocycles. The SMILES string of the molecule is CCN(C(C)(C)C(=O)O)S(=O)(=O)C1CCCC1. The van der Waals surface area contributed by atoms with E-state index in [2.05, 4.69) is 0 Å². The van der Waals surface area contributed by atoms with Crippen LogP contribution in [0.25, 0.3) is 0 Å². The fraction of sp³-hybridized carbons (Fsp3) is 0.909. The van der Waals surface area contributed by atoms with E-state index in [0.717, 1.165) is 17.1 Å². The van der Waals surface area contributed by atoms with Crippen LogP contribution >= 0.6 is 0 Å². The van der Waals surface area contributed by atoms with E-state index in [1.54, 1.807) is 6.92 Å². The number of hydrogen-bond acceptors (Lipinski definition) is 3. The Morgan fingerprint density at radius 1 is 1.35 bits per heavy atom. The van der Waals surface area contributed by atoms with Crippen molar-refractivity contribution < 1.29 is 18.3 Å². The van der Waals surface area contributed by atoms with Crippen molar-refractivity contribution in [3.63, 3.8) is 0 Å². The molecule has 1 saturated carbocycles. The maximum atomic E-state index is 12.4. The lowest BCUT2D eigenvalue weighted by atomic mass is 10.1. The average molecular weight is 263 g/mol. The molecule has 0 radical (unpaired) electrons. The van der Waals surface area contributed by atoms with Crippen LogP contribution in [0.1, 0.15) is 46.5 Å². The number of sulfonamides is 1. The van der Waals surface area contributed by atoms with Gasteiger partial charge in [-0.25, -0.2) is 8.42 Å². The number of nitrogens with zero attached hydrogens (tertiary/aromatic N) is 1. The molecule has 17 heavy (non-hydrogen) atoms. The second kappa shape index (κ2) is 4.94. The Balaban J connectivity index is 3.05. The van der Waals surface area contributed by atoms with Gasteiger partial charge in [0.15, 0.2) is 0 Å². The molecule has 0 amide bonds. The highest BCUT2D eigenvalue weighted by molar-refractivity contribution is 7.89. The van der Waals surface area contributed by atoms with Crippen molar-refractivity contribution in [2.45, 2.75) is 57.2 Å². The Morgan fingerprint density at radius 3 is 2.18 bits per heavy atom. The van der Waals surface area contributed by atoms with E-state index in [9.17, 15) is 13.2 Å². The smallest absolute Gasteiger partial charge is 0.324 e.